The highest BCUT2D eigenvalue weighted by Crippen LogP contribution is 2.21. The minimum atomic E-state index is -0.161. The van der Waals surface area contributed by atoms with Crippen molar-refractivity contribution < 1.29 is 9.90 Å². The van der Waals surface area contributed by atoms with E-state index in [1.165, 1.54) is 0 Å². The Morgan fingerprint density at radius 2 is 2.12 bits per heavy atom. The Bertz CT molecular complexity index is 385. The van der Waals surface area contributed by atoms with Gasteiger partial charge in [-0.3, -0.25) is 4.79 Å². The van der Waals surface area contributed by atoms with Gasteiger partial charge in [0.25, 0.3) is 5.91 Å². The molecule has 0 aliphatic carbocycles. The van der Waals surface area contributed by atoms with Crippen molar-refractivity contribution in [1.82, 2.24) is 5.32 Å². The fourth-order valence-electron chi connectivity index (χ4n) is 1.38. The van der Waals surface area contributed by atoms with E-state index >= 15 is 0 Å². The molecule has 3 nitrogen and oxygen atoms in total. The molecule has 0 atom stereocenters. The number of carbonyl (C=O) groups excluding carboxylic acids is 1. The first-order chi connectivity index (χ1) is 8.15. The molecule has 0 unspecified atom stereocenters. The van der Waals surface area contributed by atoms with Crippen molar-refractivity contribution in [3.8, 4) is 0 Å². The highest BCUT2D eigenvalue weighted by Gasteiger charge is 2.09. The van der Waals surface area contributed by atoms with Crippen molar-refractivity contribution in [3.05, 3.63) is 33.3 Å². The summed E-state index contributed by atoms with van der Waals surface area (Å²) in [5.74, 6) is -0.161. The van der Waals surface area contributed by atoms with Crippen molar-refractivity contribution >= 4 is 33.4 Å². The van der Waals surface area contributed by atoms with Crippen LogP contribution in [0.4, 0.5) is 0 Å². The Morgan fingerprint density at radius 1 is 1.35 bits per heavy atom. The van der Waals surface area contributed by atoms with Gasteiger partial charge in [0.2, 0.25) is 0 Å². The van der Waals surface area contributed by atoms with Crippen LogP contribution in [0.15, 0.2) is 22.7 Å². The van der Waals surface area contributed by atoms with E-state index in [2.05, 4.69) is 21.2 Å². The number of aliphatic hydroxyl groups excluding tert-OH is 1. The van der Waals surface area contributed by atoms with Crippen LogP contribution in [0.1, 0.15) is 29.6 Å². The lowest BCUT2D eigenvalue weighted by Gasteiger charge is -2.06. The summed E-state index contributed by atoms with van der Waals surface area (Å²) in [6, 6.07) is 5.17. The number of hydrogen-bond acceptors (Lipinski definition) is 2. The van der Waals surface area contributed by atoms with Gasteiger partial charge in [-0.2, -0.15) is 0 Å². The third-order valence-electron chi connectivity index (χ3n) is 2.30. The second-order valence-corrected chi connectivity index (χ2v) is 4.99. The van der Waals surface area contributed by atoms with Gasteiger partial charge >= 0.3 is 0 Å². The third-order valence-corrected chi connectivity index (χ3v) is 3.10. The monoisotopic (exact) mass is 319 g/mol. The van der Waals surface area contributed by atoms with E-state index in [0.717, 1.165) is 23.7 Å². The van der Waals surface area contributed by atoms with Crippen LogP contribution in [0, 0.1) is 0 Å². The quantitative estimate of drug-likeness (QED) is 0.792. The van der Waals surface area contributed by atoms with Gasteiger partial charge in [0.05, 0.1) is 10.6 Å². The summed E-state index contributed by atoms with van der Waals surface area (Å²) < 4.78 is 0.849. The molecule has 0 aliphatic heterocycles. The summed E-state index contributed by atoms with van der Waals surface area (Å²) in [6.07, 6.45) is 2.54. The first kappa shape index (κ1) is 14.5. The number of nitrogens with one attached hydrogen (secondary N) is 1. The smallest absolute Gasteiger partial charge is 0.252 e. The van der Waals surface area contributed by atoms with Gasteiger partial charge in [-0.05, 0) is 37.5 Å². The number of unbranched alkanes of at least 4 members (excludes halogenated alkanes) is 2. The second kappa shape index (κ2) is 7.69. The lowest BCUT2D eigenvalue weighted by Crippen LogP contribution is -2.24. The molecule has 0 fully saturated rings. The third kappa shape index (κ3) is 5.06. The van der Waals surface area contributed by atoms with Crippen molar-refractivity contribution in [2.45, 2.75) is 19.3 Å². The maximum absolute atomic E-state index is 11.7. The summed E-state index contributed by atoms with van der Waals surface area (Å²) in [4.78, 5) is 11.7. The topological polar surface area (TPSA) is 49.3 Å². The predicted molar refractivity (Wildman–Crippen MR) is 72.4 cm³/mol. The fourth-order valence-corrected chi connectivity index (χ4v) is 2.14. The highest BCUT2D eigenvalue weighted by atomic mass is 79.9. The Morgan fingerprint density at radius 3 is 2.76 bits per heavy atom. The zero-order valence-electron chi connectivity index (χ0n) is 9.38. The predicted octanol–water partition coefficient (Wildman–Crippen LogP) is 2.99. The molecule has 5 heteroatoms. The van der Waals surface area contributed by atoms with Crippen LogP contribution in [0.3, 0.4) is 0 Å². The fraction of sp³-hybridized carbons (Fsp3) is 0.417. The first-order valence-corrected chi connectivity index (χ1v) is 6.66. The standard InChI is InChI=1S/C12H15BrClNO2/c13-9-4-5-10(11(14)8-9)12(17)15-6-2-1-3-7-16/h4-5,8,16H,1-3,6-7H2,(H,15,17). The lowest BCUT2D eigenvalue weighted by atomic mass is 10.2. The van der Waals surface area contributed by atoms with E-state index in [4.69, 9.17) is 16.7 Å². The molecule has 2 N–H and O–H groups in total. The van der Waals surface area contributed by atoms with Gasteiger partial charge in [0.15, 0.2) is 0 Å². The van der Waals surface area contributed by atoms with E-state index in [1.807, 2.05) is 0 Å². The number of benzene rings is 1. The number of halogens is 2. The molecule has 17 heavy (non-hydrogen) atoms. The van der Waals surface area contributed by atoms with E-state index < -0.39 is 0 Å². The second-order valence-electron chi connectivity index (χ2n) is 3.66. The molecule has 0 saturated heterocycles. The Hall–Kier alpha value is -0.580. The summed E-state index contributed by atoms with van der Waals surface area (Å²) in [5, 5.41) is 11.8. The molecule has 0 bridgehead atoms. The largest absolute Gasteiger partial charge is 0.396 e. The van der Waals surface area contributed by atoms with Gasteiger partial charge in [-0.1, -0.05) is 27.5 Å². The molecule has 94 valence electrons. The van der Waals surface area contributed by atoms with Crippen LogP contribution in [0.5, 0.6) is 0 Å². The van der Waals surface area contributed by atoms with Crippen LogP contribution < -0.4 is 5.32 Å². The van der Waals surface area contributed by atoms with Crippen LogP contribution in [0.25, 0.3) is 0 Å². The molecule has 0 aliphatic rings. The molecule has 1 aromatic rings. The van der Waals surface area contributed by atoms with Crippen molar-refractivity contribution in [2.75, 3.05) is 13.2 Å². The molecular weight excluding hydrogens is 305 g/mol. The van der Waals surface area contributed by atoms with Crippen molar-refractivity contribution in [1.29, 1.82) is 0 Å². The Kier molecular flexibility index (Phi) is 6.55. The SMILES string of the molecule is O=C(NCCCCCO)c1ccc(Br)cc1Cl. The van der Waals surface area contributed by atoms with Gasteiger partial charge in [0.1, 0.15) is 0 Å². The molecule has 1 aromatic carbocycles. The van der Waals surface area contributed by atoms with Gasteiger partial charge in [-0.25, -0.2) is 0 Å². The van der Waals surface area contributed by atoms with Crippen LogP contribution in [0.2, 0.25) is 5.02 Å². The van der Waals surface area contributed by atoms with Gasteiger partial charge in [-0.15, -0.1) is 0 Å². The van der Waals surface area contributed by atoms with Crippen LogP contribution in [-0.4, -0.2) is 24.2 Å². The molecule has 1 rings (SSSR count). The van der Waals surface area contributed by atoms with Crippen molar-refractivity contribution in [2.24, 2.45) is 0 Å². The summed E-state index contributed by atoms with van der Waals surface area (Å²) in [6.45, 7) is 0.803. The Labute approximate surface area is 114 Å². The Balaban J connectivity index is 2.42. The van der Waals surface area contributed by atoms with Crippen LogP contribution in [-0.2, 0) is 0 Å². The van der Waals surface area contributed by atoms with E-state index in [1.54, 1.807) is 18.2 Å². The average molecular weight is 321 g/mol. The normalized spacial score (nSPS) is 10.3. The number of amides is 1. The summed E-state index contributed by atoms with van der Waals surface area (Å²) in [7, 11) is 0. The zero-order valence-corrected chi connectivity index (χ0v) is 11.7. The summed E-state index contributed by atoms with van der Waals surface area (Å²) >= 11 is 9.25. The zero-order chi connectivity index (χ0) is 12.7. The molecule has 0 heterocycles. The molecule has 0 radical (unpaired) electrons. The van der Waals surface area contributed by atoms with E-state index in [-0.39, 0.29) is 12.5 Å². The van der Waals surface area contributed by atoms with E-state index in [0.29, 0.717) is 17.1 Å². The number of aliphatic hydroxyl groups is 1. The van der Waals surface area contributed by atoms with Gasteiger partial charge < -0.3 is 10.4 Å². The molecule has 1 amide bonds. The molecule has 0 saturated carbocycles. The minimum Gasteiger partial charge on any atom is -0.396 e. The molecule has 0 aromatic heterocycles. The molecule has 0 spiro atoms. The number of rotatable bonds is 6. The van der Waals surface area contributed by atoms with E-state index in [9.17, 15) is 4.79 Å². The highest BCUT2D eigenvalue weighted by molar-refractivity contribution is 9.10. The van der Waals surface area contributed by atoms with Crippen molar-refractivity contribution in [3.63, 3.8) is 0 Å². The average Bonchev–Trinajstić information content (AvgIpc) is 2.28. The number of hydrogen-bond donors (Lipinski definition) is 2. The van der Waals surface area contributed by atoms with Crippen LogP contribution >= 0.6 is 27.5 Å². The summed E-state index contributed by atoms with van der Waals surface area (Å²) in [5.41, 5.74) is 0.483. The number of carbonyl (C=O) groups is 1. The molecular formula is C12H15BrClNO2. The minimum absolute atomic E-state index is 0.161. The van der Waals surface area contributed by atoms with Gasteiger partial charge in [0, 0.05) is 17.6 Å². The maximum atomic E-state index is 11.7. The maximum Gasteiger partial charge on any atom is 0.252 e. The first-order valence-electron chi connectivity index (χ1n) is 5.49. The lowest BCUT2D eigenvalue weighted by molar-refractivity contribution is 0.0953.